The first-order chi connectivity index (χ1) is 9.99. The summed E-state index contributed by atoms with van der Waals surface area (Å²) in [5.41, 5.74) is 7.03. The lowest BCUT2D eigenvalue weighted by molar-refractivity contribution is 0.103. The quantitative estimate of drug-likeness (QED) is 0.562. The fourth-order valence-electron chi connectivity index (χ4n) is 2.30. The van der Waals surface area contributed by atoms with Gasteiger partial charge in [0.15, 0.2) is 5.78 Å². The van der Waals surface area contributed by atoms with Crippen molar-refractivity contribution in [2.24, 2.45) is 0 Å². The molecule has 0 aliphatic carbocycles. The lowest BCUT2D eigenvalue weighted by atomic mass is 10.00. The van der Waals surface area contributed by atoms with Crippen molar-refractivity contribution in [2.45, 2.75) is 6.92 Å². The van der Waals surface area contributed by atoms with Crippen molar-refractivity contribution < 1.29 is 9.18 Å². The third kappa shape index (κ3) is 2.15. The van der Waals surface area contributed by atoms with E-state index in [-0.39, 0.29) is 11.1 Å². The first kappa shape index (κ1) is 13.6. The number of carbonyl (C=O) groups excluding carboxylic acids is 1. The molecule has 6 heteroatoms. The van der Waals surface area contributed by atoms with Crippen LogP contribution in [0.5, 0.6) is 0 Å². The molecule has 1 aromatic carbocycles. The maximum atomic E-state index is 14.2. The molecule has 4 nitrogen and oxygen atoms in total. The van der Waals surface area contributed by atoms with Crippen LogP contribution in [0, 0.1) is 12.7 Å². The Morgan fingerprint density at radius 3 is 2.90 bits per heavy atom. The molecule has 0 radical (unpaired) electrons. The standard InChI is InChI=1S/C15H11ClFN3O/c1-7-4-8(18)5-9(13(7)17)14(21)10-6-20-15-12(10)11(16)2-3-19-15/h2-6H,18H2,1H3,(H,19,20). The molecule has 0 bridgehead atoms. The largest absolute Gasteiger partial charge is 0.399 e. The van der Waals surface area contributed by atoms with Crippen molar-refractivity contribution in [3.63, 3.8) is 0 Å². The number of rotatable bonds is 2. The fraction of sp³-hybridized carbons (Fsp3) is 0.0667. The Balaban J connectivity index is 2.22. The summed E-state index contributed by atoms with van der Waals surface area (Å²) in [6, 6.07) is 4.39. The summed E-state index contributed by atoms with van der Waals surface area (Å²) in [5, 5.41) is 0.856. The van der Waals surface area contributed by atoms with Crippen LogP contribution < -0.4 is 5.73 Å². The number of anilines is 1. The van der Waals surface area contributed by atoms with E-state index in [9.17, 15) is 9.18 Å². The van der Waals surface area contributed by atoms with E-state index in [4.69, 9.17) is 17.3 Å². The number of H-pyrrole nitrogens is 1. The SMILES string of the molecule is Cc1cc(N)cc(C(=O)c2c[nH]c3nccc(Cl)c23)c1F. The van der Waals surface area contributed by atoms with E-state index >= 15 is 0 Å². The molecular weight excluding hydrogens is 293 g/mol. The van der Waals surface area contributed by atoms with Crippen LogP contribution in [0.2, 0.25) is 5.02 Å². The summed E-state index contributed by atoms with van der Waals surface area (Å²) in [5.74, 6) is -1.06. The topological polar surface area (TPSA) is 71.8 Å². The highest BCUT2D eigenvalue weighted by Crippen LogP contribution is 2.28. The molecule has 0 atom stereocenters. The zero-order valence-electron chi connectivity index (χ0n) is 11.1. The van der Waals surface area contributed by atoms with Crippen molar-refractivity contribution in [1.82, 2.24) is 9.97 Å². The average molecular weight is 304 g/mol. The van der Waals surface area contributed by atoms with E-state index < -0.39 is 11.6 Å². The number of hydrogen-bond donors (Lipinski definition) is 2. The molecule has 106 valence electrons. The molecule has 0 spiro atoms. The van der Waals surface area contributed by atoms with Crippen LogP contribution in [0.15, 0.2) is 30.6 Å². The molecule has 0 aliphatic rings. The summed E-state index contributed by atoms with van der Waals surface area (Å²) in [6.07, 6.45) is 3.00. The van der Waals surface area contributed by atoms with Gasteiger partial charge in [0, 0.05) is 23.5 Å². The highest BCUT2D eigenvalue weighted by Gasteiger charge is 2.21. The number of hydrogen-bond acceptors (Lipinski definition) is 3. The lowest BCUT2D eigenvalue weighted by Crippen LogP contribution is -2.06. The third-order valence-corrected chi connectivity index (χ3v) is 3.60. The Morgan fingerprint density at radius 2 is 2.14 bits per heavy atom. The van der Waals surface area contributed by atoms with Gasteiger partial charge >= 0.3 is 0 Å². The van der Waals surface area contributed by atoms with Gasteiger partial charge in [0.25, 0.3) is 0 Å². The molecule has 2 aromatic heterocycles. The highest BCUT2D eigenvalue weighted by atomic mass is 35.5. The van der Waals surface area contributed by atoms with E-state index in [1.165, 1.54) is 24.5 Å². The van der Waals surface area contributed by atoms with Crippen LogP contribution in [0.4, 0.5) is 10.1 Å². The normalized spacial score (nSPS) is 11.0. The number of aromatic nitrogens is 2. The zero-order valence-corrected chi connectivity index (χ0v) is 11.8. The Labute approximate surface area is 124 Å². The van der Waals surface area contributed by atoms with Gasteiger partial charge in [0.1, 0.15) is 11.5 Å². The van der Waals surface area contributed by atoms with Crippen LogP contribution in [-0.2, 0) is 0 Å². The van der Waals surface area contributed by atoms with Crippen LogP contribution in [0.3, 0.4) is 0 Å². The molecule has 3 N–H and O–H groups in total. The monoisotopic (exact) mass is 303 g/mol. The number of fused-ring (bicyclic) bond motifs is 1. The Hall–Kier alpha value is -2.40. The number of nitrogens with two attached hydrogens (primary N) is 1. The second kappa shape index (κ2) is 4.86. The maximum Gasteiger partial charge on any atom is 0.198 e. The molecule has 0 aliphatic heterocycles. The van der Waals surface area contributed by atoms with Crippen molar-refractivity contribution in [3.8, 4) is 0 Å². The Kier molecular flexibility index (Phi) is 3.14. The van der Waals surface area contributed by atoms with E-state index in [0.717, 1.165) is 0 Å². The summed E-state index contributed by atoms with van der Waals surface area (Å²) in [7, 11) is 0. The second-order valence-electron chi connectivity index (χ2n) is 4.75. The number of halogens is 2. The summed E-state index contributed by atoms with van der Waals surface area (Å²) in [4.78, 5) is 19.5. The number of nitrogens with zero attached hydrogens (tertiary/aromatic N) is 1. The summed E-state index contributed by atoms with van der Waals surface area (Å²) in [6.45, 7) is 1.56. The second-order valence-corrected chi connectivity index (χ2v) is 5.15. The molecule has 3 aromatic rings. The number of carbonyl (C=O) groups is 1. The minimum Gasteiger partial charge on any atom is -0.399 e. The van der Waals surface area contributed by atoms with Gasteiger partial charge in [-0.1, -0.05) is 11.6 Å². The van der Waals surface area contributed by atoms with Crippen LogP contribution >= 0.6 is 11.6 Å². The Bertz CT molecular complexity index is 873. The molecule has 0 amide bonds. The predicted octanol–water partition coefficient (Wildman–Crippen LogP) is 3.48. The van der Waals surface area contributed by atoms with Crippen molar-refractivity contribution in [2.75, 3.05) is 5.73 Å². The summed E-state index contributed by atoms with van der Waals surface area (Å²) < 4.78 is 14.2. The number of nitrogens with one attached hydrogen (secondary N) is 1. The van der Waals surface area contributed by atoms with Gasteiger partial charge in [0.2, 0.25) is 0 Å². The van der Waals surface area contributed by atoms with Crippen molar-refractivity contribution >= 4 is 34.1 Å². The Morgan fingerprint density at radius 1 is 1.38 bits per heavy atom. The predicted molar refractivity (Wildman–Crippen MR) is 80.1 cm³/mol. The highest BCUT2D eigenvalue weighted by molar-refractivity contribution is 6.37. The molecule has 0 fully saturated rings. The van der Waals surface area contributed by atoms with Gasteiger partial charge in [-0.2, -0.15) is 0 Å². The van der Waals surface area contributed by atoms with Gasteiger partial charge in [-0.25, -0.2) is 9.37 Å². The van der Waals surface area contributed by atoms with Gasteiger partial charge in [-0.3, -0.25) is 4.79 Å². The number of benzene rings is 1. The van der Waals surface area contributed by atoms with E-state index in [1.54, 1.807) is 13.0 Å². The molecular formula is C15H11ClFN3O. The van der Waals surface area contributed by atoms with Gasteiger partial charge < -0.3 is 10.7 Å². The number of aromatic amines is 1. The van der Waals surface area contributed by atoms with Crippen molar-refractivity contribution in [1.29, 1.82) is 0 Å². The first-order valence-electron chi connectivity index (χ1n) is 6.21. The van der Waals surface area contributed by atoms with Gasteiger partial charge in [0.05, 0.1) is 16.1 Å². The summed E-state index contributed by atoms with van der Waals surface area (Å²) >= 11 is 6.11. The molecule has 0 saturated carbocycles. The molecule has 0 saturated heterocycles. The van der Waals surface area contributed by atoms with E-state index in [0.29, 0.717) is 27.3 Å². The molecule has 3 rings (SSSR count). The number of aryl methyl sites for hydroxylation is 1. The molecule has 21 heavy (non-hydrogen) atoms. The average Bonchev–Trinajstić information content (AvgIpc) is 2.87. The smallest absolute Gasteiger partial charge is 0.198 e. The fourth-order valence-corrected chi connectivity index (χ4v) is 2.55. The molecule has 2 heterocycles. The van der Waals surface area contributed by atoms with Crippen LogP contribution in [-0.4, -0.2) is 15.8 Å². The number of nitrogen functional groups attached to an aromatic ring is 1. The maximum absolute atomic E-state index is 14.2. The van der Waals surface area contributed by atoms with Crippen LogP contribution in [0.1, 0.15) is 21.5 Å². The number of pyridine rings is 1. The zero-order chi connectivity index (χ0) is 15.1. The number of ketones is 1. The lowest BCUT2D eigenvalue weighted by Gasteiger charge is -2.06. The van der Waals surface area contributed by atoms with Gasteiger partial charge in [-0.05, 0) is 30.7 Å². The minimum atomic E-state index is -0.580. The first-order valence-corrected chi connectivity index (χ1v) is 6.58. The molecule has 0 unspecified atom stereocenters. The van der Waals surface area contributed by atoms with Crippen LogP contribution in [0.25, 0.3) is 11.0 Å². The van der Waals surface area contributed by atoms with E-state index in [1.807, 2.05) is 0 Å². The third-order valence-electron chi connectivity index (χ3n) is 3.29. The van der Waals surface area contributed by atoms with Crippen molar-refractivity contribution in [3.05, 3.63) is 58.1 Å². The van der Waals surface area contributed by atoms with E-state index in [2.05, 4.69) is 9.97 Å². The van der Waals surface area contributed by atoms with Gasteiger partial charge in [-0.15, -0.1) is 0 Å². The minimum absolute atomic E-state index is 0.0756.